The van der Waals surface area contributed by atoms with E-state index in [0.717, 1.165) is 11.0 Å². The van der Waals surface area contributed by atoms with Gasteiger partial charge in [-0.3, -0.25) is 9.97 Å². The number of thiophene rings is 1. The first-order valence-electron chi connectivity index (χ1n) is 6.60. The predicted molar refractivity (Wildman–Crippen MR) is 90.3 cm³/mol. The molecule has 0 aliphatic rings. The van der Waals surface area contributed by atoms with E-state index in [9.17, 15) is 0 Å². The number of para-hydroxylation sites is 2. The Hall–Kier alpha value is -2.52. The normalized spacial score (nSPS) is 8.95. The largest absolute Gasteiger partial charge is 0.253 e. The Morgan fingerprint density at radius 3 is 1.29 bits per heavy atom. The number of benzene rings is 2. The summed E-state index contributed by atoms with van der Waals surface area (Å²) in [6.07, 6.45) is 3.39. The van der Waals surface area contributed by atoms with Gasteiger partial charge >= 0.3 is 0 Å². The Kier molecular flexibility index (Phi) is 6.66. The summed E-state index contributed by atoms with van der Waals surface area (Å²) >= 11 is 1.71. The van der Waals surface area contributed by atoms with Crippen molar-refractivity contribution >= 4 is 22.4 Å². The van der Waals surface area contributed by atoms with Crippen molar-refractivity contribution in [3.63, 3.8) is 0 Å². The van der Waals surface area contributed by atoms with Gasteiger partial charge < -0.3 is 0 Å². The summed E-state index contributed by atoms with van der Waals surface area (Å²) in [4.78, 5) is 8.24. The van der Waals surface area contributed by atoms with Gasteiger partial charge in [0, 0.05) is 12.4 Å². The quantitative estimate of drug-likeness (QED) is 0.452. The Labute approximate surface area is 128 Å². The van der Waals surface area contributed by atoms with Crippen LogP contribution in [0.4, 0.5) is 0 Å². The lowest BCUT2D eigenvalue weighted by atomic mass is 10.3. The third-order valence-electron chi connectivity index (χ3n) is 2.47. The molecule has 0 radical (unpaired) electrons. The van der Waals surface area contributed by atoms with Crippen LogP contribution < -0.4 is 0 Å². The second kappa shape index (κ2) is 9.39. The molecular formula is C18H16N2S. The molecule has 0 aliphatic heterocycles. The molecule has 0 amide bonds. The number of fused-ring (bicyclic) bond motifs is 1. The molecule has 0 unspecified atom stereocenters. The van der Waals surface area contributed by atoms with E-state index in [2.05, 4.69) is 9.97 Å². The molecular weight excluding hydrogens is 276 g/mol. The average molecular weight is 292 g/mol. The maximum absolute atomic E-state index is 4.12. The van der Waals surface area contributed by atoms with Gasteiger partial charge in [-0.15, -0.1) is 0 Å². The van der Waals surface area contributed by atoms with Crippen LogP contribution in [0.5, 0.6) is 0 Å². The first kappa shape index (κ1) is 14.9. The minimum Gasteiger partial charge on any atom is -0.253 e. The number of aromatic nitrogens is 2. The standard InChI is InChI=1S/C8H6N2.C6H6.C4H4S/c1-2-4-8-7(3-1)9-5-6-10-8;1-2-4-6-5-3-1;1-2-4-5-3-1/h1-6H;1-6H;1-4H. The van der Waals surface area contributed by atoms with Crippen molar-refractivity contribution in [2.24, 2.45) is 0 Å². The van der Waals surface area contributed by atoms with Crippen LogP contribution in [0.25, 0.3) is 11.0 Å². The maximum atomic E-state index is 4.12. The number of nitrogens with zero attached hydrogens (tertiary/aromatic N) is 2. The monoisotopic (exact) mass is 292 g/mol. The molecule has 4 rings (SSSR count). The molecule has 2 aromatic carbocycles. The van der Waals surface area contributed by atoms with E-state index < -0.39 is 0 Å². The fourth-order valence-corrected chi connectivity index (χ4v) is 1.98. The fourth-order valence-electron chi connectivity index (χ4n) is 1.52. The van der Waals surface area contributed by atoms with Gasteiger partial charge in [0.1, 0.15) is 0 Å². The second-order valence-corrected chi connectivity index (χ2v) is 4.81. The highest BCUT2D eigenvalue weighted by atomic mass is 32.1. The van der Waals surface area contributed by atoms with Crippen molar-refractivity contribution < 1.29 is 0 Å². The van der Waals surface area contributed by atoms with Gasteiger partial charge in [0.05, 0.1) is 11.0 Å². The Balaban J connectivity index is 0.000000126. The van der Waals surface area contributed by atoms with E-state index in [1.165, 1.54) is 0 Å². The van der Waals surface area contributed by atoms with Crippen molar-refractivity contribution in [3.05, 3.63) is 96.0 Å². The summed E-state index contributed by atoms with van der Waals surface area (Å²) in [6.45, 7) is 0. The van der Waals surface area contributed by atoms with Gasteiger partial charge in [0.2, 0.25) is 0 Å². The molecule has 4 aromatic rings. The molecule has 0 N–H and O–H groups in total. The number of rotatable bonds is 0. The molecule has 2 nitrogen and oxygen atoms in total. The van der Waals surface area contributed by atoms with Gasteiger partial charge in [-0.1, -0.05) is 60.7 Å². The molecule has 0 saturated carbocycles. The van der Waals surface area contributed by atoms with Gasteiger partial charge in [-0.05, 0) is 22.9 Å². The highest BCUT2D eigenvalue weighted by molar-refractivity contribution is 7.07. The molecule has 0 saturated heterocycles. The van der Waals surface area contributed by atoms with E-state index >= 15 is 0 Å². The summed E-state index contributed by atoms with van der Waals surface area (Å²) < 4.78 is 0. The summed E-state index contributed by atoms with van der Waals surface area (Å²) in [5.41, 5.74) is 1.90. The van der Waals surface area contributed by atoms with Crippen LogP contribution >= 0.6 is 11.3 Å². The van der Waals surface area contributed by atoms with Gasteiger partial charge in [0.15, 0.2) is 0 Å². The molecule has 0 bridgehead atoms. The SMILES string of the molecule is c1ccc2nccnc2c1.c1ccccc1.c1ccsc1. The van der Waals surface area contributed by atoms with Gasteiger partial charge in [-0.25, -0.2) is 0 Å². The Morgan fingerprint density at radius 1 is 0.524 bits per heavy atom. The van der Waals surface area contributed by atoms with Gasteiger partial charge in [0.25, 0.3) is 0 Å². The van der Waals surface area contributed by atoms with E-state index in [4.69, 9.17) is 0 Å². The summed E-state index contributed by atoms with van der Waals surface area (Å²) in [6, 6.07) is 23.8. The minimum absolute atomic E-state index is 0.949. The summed E-state index contributed by atoms with van der Waals surface area (Å²) in [5.74, 6) is 0. The molecule has 2 aromatic heterocycles. The lowest BCUT2D eigenvalue weighted by molar-refractivity contribution is 1.29. The van der Waals surface area contributed by atoms with Crippen molar-refractivity contribution in [2.45, 2.75) is 0 Å². The first-order valence-corrected chi connectivity index (χ1v) is 7.54. The number of hydrogen-bond donors (Lipinski definition) is 0. The third kappa shape index (κ3) is 5.97. The van der Waals surface area contributed by atoms with Crippen LogP contribution in [0, 0.1) is 0 Å². The molecule has 0 atom stereocenters. The third-order valence-corrected chi connectivity index (χ3v) is 3.10. The fraction of sp³-hybridized carbons (Fsp3) is 0. The maximum Gasteiger partial charge on any atom is 0.0886 e. The van der Waals surface area contributed by atoms with Crippen LogP contribution in [0.15, 0.2) is 96.0 Å². The zero-order valence-electron chi connectivity index (χ0n) is 11.5. The smallest absolute Gasteiger partial charge is 0.0886 e. The van der Waals surface area contributed by atoms with Gasteiger partial charge in [-0.2, -0.15) is 11.3 Å². The number of hydrogen-bond acceptors (Lipinski definition) is 3. The Morgan fingerprint density at radius 2 is 0.952 bits per heavy atom. The van der Waals surface area contributed by atoms with Crippen LogP contribution in [0.1, 0.15) is 0 Å². The first-order chi connectivity index (χ1) is 10.5. The van der Waals surface area contributed by atoms with Crippen molar-refractivity contribution in [2.75, 3.05) is 0 Å². The van der Waals surface area contributed by atoms with E-state index in [-0.39, 0.29) is 0 Å². The molecule has 0 fully saturated rings. The second-order valence-electron chi connectivity index (χ2n) is 3.99. The average Bonchev–Trinajstić information content (AvgIpc) is 3.17. The van der Waals surface area contributed by atoms with Crippen LogP contribution in [0.3, 0.4) is 0 Å². The lowest BCUT2D eigenvalue weighted by Gasteiger charge is -1.90. The predicted octanol–water partition coefficient (Wildman–Crippen LogP) is 5.06. The van der Waals surface area contributed by atoms with Crippen molar-refractivity contribution in [1.29, 1.82) is 0 Å². The molecule has 0 spiro atoms. The lowest BCUT2D eigenvalue weighted by Crippen LogP contribution is -1.78. The minimum atomic E-state index is 0.949. The van der Waals surface area contributed by atoms with Crippen molar-refractivity contribution in [3.8, 4) is 0 Å². The molecule has 3 heteroatoms. The molecule has 0 aliphatic carbocycles. The Bertz CT molecular complexity index is 600. The van der Waals surface area contributed by atoms with E-state index in [1.807, 2.05) is 83.6 Å². The van der Waals surface area contributed by atoms with Crippen LogP contribution in [0.2, 0.25) is 0 Å². The summed E-state index contributed by atoms with van der Waals surface area (Å²) in [7, 11) is 0. The van der Waals surface area contributed by atoms with Crippen molar-refractivity contribution in [1.82, 2.24) is 9.97 Å². The topological polar surface area (TPSA) is 25.8 Å². The van der Waals surface area contributed by atoms with Crippen LogP contribution in [-0.4, -0.2) is 9.97 Å². The highest BCUT2D eigenvalue weighted by Crippen LogP contribution is 2.04. The summed E-state index contributed by atoms with van der Waals surface area (Å²) in [5, 5.41) is 4.08. The zero-order chi connectivity index (χ0) is 14.6. The van der Waals surface area contributed by atoms with E-state index in [0.29, 0.717) is 0 Å². The molecule has 21 heavy (non-hydrogen) atoms. The van der Waals surface area contributed by atoms with E-state index in [1.54, 1.807) is 23.7 Å². The molecule has 104 valence electrons. The molecule has 2 heterocycles. The van der Waals surface area contributed by atoms with Crippen LogP contribution in [-0.2, 0) is 0 Å². The zero-order valence-corrected chi connectivity index (χ0v) is 12.4. The highest BCUT2D eigenvalue weighted by Gasteiger charge is 1.88.